The molecule has 3 rings (SSSR count). The standard InChI is InChI=1S/C18H19BN4O5/c1-19(25)21(2)11-17-20-16-9-6-13(23(26)27)10-15(16)18(24)22(17)12-4-7-14(28-3)8-5-12/h4-10,25H,11H2,1-3H3. The summed E-state index contributed by atoms with van der Waals surface area (Å²) in [6.07, 6.45) is 0. The van der Waals surface area contributed by atoms with Gasteiger partial charge in [-0.05, 0) is 44.2 Å². The molecule has 1 aromatic heterocycles. The second-order valence-electron chi connectivity index (χ2n) is 6.37. The van der Waals surface area contributed by atoms with Gasteiger partial charge < -0.3 is 14.6 Å². The molecule has 10 heteroatoms. The van der Waals surface area contributed by atoms with Gasteiger partial charge in [-0.25, -0.2) is 4.98 Å². The molecule has 1 N–H and O–H groups in total. The number of non-ortho nitro benzene ring substituents is 1. The monoisotopic (exact) mass is 382 g/mol. The lowest BCUT2D eigenvalue weighted by Gasteiger charge is -2.20. The van der Waals surface area contributed by atoms with E-state index in [9.17, 15) is 19.9 Å². The molecule has 0 aliphatic rings. The Morgan fingerprint density at radius 2 is 1.96 bits per heavy atom. The Morgan fingerprint density at radius 1 is 1.29 bits per heavy atom. The second kappa shape index (κ2) is 7.79. The van der Waals surface area contributed by atoms with Gasteiger partial charge in [-0.15, -0.1) is 0 Å². The number of nitro benzene ring substituents is 1. The van der Waals surface area contributed by atoms with Crippen molar-refractivity contribution < 1.29 is 14.7 Å². The van der Waals surface area contributed by atoms with E-state index in [1.165, 1.54) is 22.8 Å². The van der Waals surface area contributed by atoms with Crippen molar-refractivity contribution in [3.8, 4) is 11.4 Å². The second-order valence-corrected chi connectivity index (χ2v) is 6.37. The van der Waals surface area contributed by atoms with Crippen molar-refractivity contribution in [1.29, 1.82) is 0 Å². The fourth-order valence-corrected chi connectivity index (χ4v) is 2.79. The number of hydrogen-bond donors (Lipinski definition) is 1. The van der Waals surface area contributed by atoms with Crippen LogP contribution in [-0.4, -0.2) is 45.5 Å². The fourth-order valence-electron chi connectivity index (χ4n) is 2.79. The molecule has 0 bridgehead atoms. The van der Waals surface area contributed by atoms with E-state index in [4.69, 9.17) is 4.74 Å². The molecule has 0 aliphatic heterocycles. The third-order valence-electron chi connectivity index (χ3n) is 4.49. The van der Waals surface area contributed by atoms with Crippen LogP contribution in [0.25, 0.3) is 16.6 Å². The van der Waals surface area contributed by atoms with Crippen LogP contribution in [0, 0.1) is 10.1 Å². The van der Waals surface area contributed by atoms with E-state index < -0.39 is 17.5 Å². The van der Waals surface area contributed by atoms with E-state index in [-0.39, 0.29) is 17.6 Å². The minimum atomic E-state index is -0.742. The van der Waals surface area contributed by atoms with Crippen LogP contribution in [0.1, 0.15) is 5.82 Å². The van der Waals surface area contributed by atoms with Crippen molar-refractivity contribution in [2.24, 2.45) is 0 Å². The summed E-state index contributed by atoms with van der Waals surface area (Å²) in [5.41, 5.74) is 0.296. The predicted molar refractivity (Wildman–Crippen MR) is 106 cm³/mol. The molecule has 0 fully saturated rings. The summed E-state index contributed by atoms with van der Waals surface area (Å²) in [6.45, 7) is 1.81. The molecule has 0 radical (unpaired) electrons. The molecule has 0 amide bonds. The lowest BCUT2D eigenvalue weighted by Crippen LogP contribution is -2.35. The van der Waals surface area contributed by atoms with Crippen molar-refractivity contribution >= 4 is 23.6 Å². The van der Waals surface area contributed by atoms with Crippen LogP contribution in [0.3, 0.4) is 0 Å². The molecular formula is C18H19BN4O5. The zero-order valence-electron chi connectivity index (χ0n) is 15.7. The van der Waals surface area contributed by atoms with Gasteiger partial charge in [0.05, 0.1) is 28.6 Å². The van der Waals surface area contributed by atoms with Crippen LogP contribution in [0.4, 0.5) is 5.69 Å². The van der Waals surface area contributed by atoms with E-state index in [1.807, 2.05) is 0 Å². The maximum absolute atomic E-state index is 13.2. The highest BCUT2D eigenvalue weighted by Crippen LogP contribution is 2.20. The number of ether oxygens (including phenoxy) is 1. The third kappa shape index (κ3) is 3.73. The Balaban J connectivity index is 2.27. The van der Waals surface area contributed by atoms with Gasteiger partial charge in [0.15, 0.2) is 0 Å². The van der Waals surface area contributed by atoms with Gasteiger partial charge in [0.25, 0.3) is 11.2 Å². The van der Waals surface area contributed by atoms with Gasteiger partial charge in [-0.3, -0.25) is 19.5 Å². The van der Waals surface area contributed by atoms with Gasteiger partial charge in [-0.1, -0.05) is 0 Å². The number of benzene rings is 2. The average molecular weight is 382 g/mol. The predicted octanol–water partition coefficient (Wildman–Crippen LogP) is 1.84. The summed E-state index contributed by atoms with van der Waals surface area (Å²) < 4.78 is 6.55. The highest BCUT2D eigenvalue weighted by Gasteiger charge is 2.19. The molecule has 1 heterocycles. The topological polar surface area (TPSA) is 111 Å². The van der Waals surface area contributed by atoms with Crippen molar-refractivity contribution in [1.82, 2.24) is 14.4 Å². The summed E-state index contributed by atoms with van der Waals surface area (Å²) in [5.74, 6) is 1.03. The normalized spacial score (nSPS) is 11.0. The summed E-state index contributed by atoms with van der Waals surface area (Å²) in [6, 6.07) is 10.8. The molecule has 9 nitrogen and oxygen atoms in total. The smallest absolute Gasteiger partial charge is 0.376 e. The highest BCUT2D eigenvalue weighted by atomic mass is 16.6. The van der Waals surface area contributed by atoms with Crippen LogP contribution in [0.15, 0.2) is 47.3 Å². The van der Waals surface area contributed by atoms with Crippen LogP contribution >= 0.6 is 0 Å². The zero-order chi connectivity index (χ0) is 20.4. The minimum absolute atomic E-state index is 0.147. The number of aromatic nitrogens is 2. The molecule has 0 saturated carbocycles. The first-order valence-electron chi connectivity index (χ1n) is 8.54. The lowest BCUT2D eigenvalue weighted by atomic mass is 9.86. The number of hydrogen-bond acceptors (Lipinski definition) is 7. The number of nitrogens with zero attached hydrogens (tertiary/aromatic N) is 4. The van der Waals surface area contributed by atoms with Gasteiger partial charge in [-0.2, -0.15) is 0 Å². The van der Waals surface area contributed by atoms with Gasteiger partial charge in [0.2, 0.25) is 0 Å². The first kappa shape index (κ1) is 19.5. The molecular weight excluding hydrogens is 363 g/mol. The minimum Gasteiger partial charge on any atom is -0.497 e. The van der Waals surface area contributed by atoms with E-state index >= 15 is 0 Å². The third-order valence-corrected chi connectivity index (χ3v) is 4.49. The number of methoxy groups -OCH3 is 1. The molecule has 0 unspecified atom stereocenters. The van der Waals surface area contributed by atoms with E-state index in [2.05, 4.69) is 4.98 Å². The Bertz CT molecular complexity index is 1080. The van der Waals surface area contributed by atoms with E-state index in [0.29, 0.717) is 22.8 Å². The van der Waals surface area contributed by atoms with Crippen molar-refractivity contribution in [3.63, 3.8) is 0 Å². The fraction of sp³-hybridized carbons (Fsp3) is 0.222. The molecule has 3 aromatic rings. The molecule has 0 atom stereocenters. The van der Waals surface area contributed by atoms with Crippen molar-refractivity contribution in [2.45, 2.75) is 13.4 Å². The number of rotatable bonds is 6. The van der Waals surface area contributed by atoms with Crippen LogP contribution in [0.5, 0.6) is 5.75 Å². The van der Waals surface area contributed by atoms with Crippen LogP contribution in [-0.2, 0) is 6.54 Å². The average Bonchev–Trinajstić information content (AvgIpc) is 2.68. The largest absolute Gasteiger partial charge is 0.497 e. The molecule has 0 spiro atoms. The molecule has 144 valence electrons. The molecule has 28 heavy (non-hydrogen) atoms. The SMILES string of the molecule is COc1ccc(-n2c(CN(C)B(C)O)nc3ccc([N+](=O)[O-])cc3c2=O)cc1. The zero-order valence-corrected chi connectivity index (χ0v) is 15.7. The van der Waals surface area contributed by atoms with Crippen molar-refractivity contribution in [3.05, 3.63) is 68.8 Å². The maximum Gasteiger partial charge on any atom is 0.376 e. The van der Waals surface area contributed by atoms with Crippen molar-refractivity contribution in [2.75, 3.05) is 14.2 Å². The Morgan fingerprint density at radius 3 is 2.54 bits per heavy atom. The number of fused-ring (bicyclic) bond motifs is 1. The van der Waals surface area contributed by atoms with Crippen LogP contribution in [0.2, 0.25) is 6.82 Å². The lowest BCUT2D eigenvalue weighted by molar-refractivity contribution is -0.384. The Kier molecular flexibility index (Phi) is 5.43. The first-order valence-corrected chi connectivity index (χ1v) is 8.54. The molecule has 0 saturated heterocycles. The van der Waals surface area contributed by atoms with Crippen LogP contribution < -0.4 is 10.3 Å². The van der Waals surface area contributed by atoms with Gasteiger partial charge >= 0.3 is 7.05 Å². The maximum atomic E-state index is 13.2. The Hall–Kier alpha value is -3.24. The Labute approximate surface area is 161 Å². The molecule has 2 aromatic carbocycles. The van der Waals surface area contributed by atoms with E-state index in [0.717, 1.165) is 0 Å². The first-order chi connectivity index (χ1) is 13.3. The van der Waals surface area contributed by atoms with E-state index in [1.54, 1.807) is 50.1 Å². The summed E-state index contributed by atoms with van der Waals surface area (Å²) in [4.78, 5) is 29.9. The summed E-state index contributed by atoms with van der Waals surface area (Å²) in [7, 11) is 2.50. The quantitative estimate of drug-likeness (QED) is 0.393. The van der Waals surface area contributed by atoms with Gasteiger partial charge in [0, 0.05) is 18.7 Å². The summed E-state index contributed by atoms with van der Waals surface area (Å²) in [5, 5.41) is 21.1. The number of nitro groups is 1. The highest BCUT2D eigenvalue weighted by molar-refractivity contribution is 6.45. The van der Waals surface area contributed by atoms with Gasteiger partial charge in [0.1, 0.15) is 11.6 Å². The summed E-state index contributed by atoms with van der Waals surface area (Å²) >= 11 is 0. The molecule has 0 aliphatic carbocycles.